The fourth-order valence-corrected chi connectivity index (χ4v) is 3.75. The van der Waals surface area contributed by atoms with Crippen molar-refractivity contribution in [1.82, 2.24) is 0 Å². The average Bonchev–Trinajstić information content (AvgIpc) is 2.37. The number of hydrogen-bond acceptors (Lipinski definition) is 2. The van der Waals surface area contributed by atoms with Gasteiger partial charge < -0.3 is 10.1 Å². The number of rotatable bonds is 2. The van der Waals surface area contributed by atoms with E-state index in [4.69, 9.17) is 16.3 Å². The molecule has 1 aliphatic carbocycles. The summed E-state index contributed by atoms with van der Waals surface area (Å²) >= 11 is 5.78. The van der Waals surface area contributed by atoms with E-state index >= 15 is 0 Å². The van der Waals surface area contributed by atoms with Crippen molar-refractivity contribution in [2.45, 2.75) is 38.8 Å². The van der Waals surface area contributed by atoms with Crippen LogP contribution in [0.5, 0.6) is 0 Å². The van der Waals surface area contributed by atoms with Crippen molar-refractivity contribution in [2.75, 3.05) is 11.9 Å². The van der Waals surface area contributed by atoms with Gasteiger partial charge in [0.1, 0.15) is 5.82 Å². The molecule has 2 fully saturated rings. The molecule has 1 aromatic rings. The Labute approximate surface area is 118 Å². The molecule has 1 heterocycles. The molecule has 0 aromatic heterocycles. The standard InChI is InChI=1S/C15H19ClFNO/c1-15(2)13(10-4-3-7-19-14(10)15)18-12-6-5-9(16)8-11(12)17/h5-6,8,10,13-14,18H,3-4,7H2,1-2H3. The highest BCUT2D eigenvalue weighted by atomic mass is 35.5. The first-order valence-electron chi connectivity index (χ1n) is 6.83. The minimum absolute atomic E-state index is 0.0389. The highest BCUT2D eigenvalue weighted by Gasteiger charge is 2.57. The van der Waals surface area contributed by atoms with Crippen LogP contribution in [0.25, 0.3) is 0 Å². The van der Waals surface area contributed by atoms with E-state index in [-0.39, 0.29) is 17.3 Å². The molecule has 0 bridgehead atoms. The van der Waals surface area contributed by atoms with E-state index in [1.165, 1.54) is 6.07 Å². The van der Waals surface area contributed by atoms with Crippen molar-refractivity contribution >= 4 is 17.3 Å². The molecule has 3 unspecified atom stereocenters. The molecule has 2 nitrogen and oxygen atoms in total. The van der Waals surface area contributed by atoms with Crippen molar-refractivity contribution in [2.24, 2.45) is 11.3 Å². The van der Waals surface area contributed by atoms with Crippen LogP contribution < -0.4 is 5.32 Å². The maximum Gasteiger partial charge on any atom is 0.147 e. The monoisotopic (exact) mass is 283 g/mol. The van der Waals surface area contributed by atoms with Crippen molar-refractivity contribution < 1.29 is 9.13 Å². The van der Waals surface area contributed by atoms with E-state index in [1.807, 2.05) is 0 Å². The Morgan fingerprint density at radius 3 is 2.95 bits per heavy atom. The zero-order valence-electron chi connectivity index (χ0n) is 11.2. The molecule has 4 heteroatoms. The Morgan fingerprint density at radius 2 is 2.21 bits per heavy atom. The second kappa shape index (κ2) is 4.64. The number of hydrogen-bond donors (Lipinski definition) is 1. The van der Waals surface area contributed by atoms with E-state index in [1.54, 1.807) is 12.1 Å². The van der Waals surface area contributed by atoms with Crippen molar-refractivity contribution in [1.29, 1.82) is 0 Å². The van der Waals surface area contributed by atoms with Gasteiger partial charge in [0.2, 0.25) is 0 Å². The Hall–Kier alpha value is -0.800. The molecule has 2 aliphatic rings. The molecule has 3 rings (SSSR count). The van der Waals surface area contributed by atoms with Gasteiger partial charge in [-0.1, -0.05) is 25.4 Å². The van der Waals surface area contributed by atoms with Crippen LogP contribution in [0.4, 0.5) is 10.1 Å². The molecule has 0 spiro atoms. The molecule has 1 saturated carbocycles. The summed E-state index contributed by atoms with van der Waals surface area (Å²) in [5.74, 6) is 0.197. The van der Waals surface area contributed by atoms with Crippen LogP contribution in [0.2, 0.25) is 5.02 Å². The predicted molar refractivity (Wildman–Crippen MR) is 75.1 cm³/mol. The van der Waals surface area contributed by atoms with Gasteiger partial charge in [-0.15, -0.1) is 0 Å². The van der Waals surface area contributed by atoms with Gasteiger partial charge in [0, 0.05) is 29.0 Å². The molecule has 19 heavy (non-hydrogen) atoms. The Balaban J connectivity index is 1.79. The molecule has 0 amide bonds. The normalized spacial score (nSPS) is 32.3. The Morgan fingerprint density at radius 1 is 1.42 bits per heavy atom. The summed E-state index contributed by atoms with van der Waals surface area (Å²) in [6.45, 7) is 5.22. The predicted octanol–water partition coefficient (Wildman–Crippen LogP) is 4.09. The van der Waals surface area contributed by atoms with Gasteiger partial charge >= 0.3 is 0 Å². The lowest BCUT2D eigenvalue weighted by molar-refractivity contribution is -0.177. The first kappa shape index (κ1) is 13.2. The van der Waals surface area contributed by atoms with Crippen LogP contribution in [0.3, 0.4) is 0 Å². The van der Waals surface area contributed by atoms with Crippen LogP contribution in [0, 0.1) is 17.2 Å². The Kier molecular flexibility index (Phi) is 3.22. The van der Waals surface area contributed by atoms with E-state index in [0.29, 0.717) is 22.7 Å². The SMILES string of the molecule is CC1(C)C(Nc2ccc(Cl)cc2F)C2CCCOC21. The molecular formula is C15H19ClFNO. The topological polar surface area (TPSA) is 21.3 Å². The fraction of sp³-hybridized carbons (Fsp3) is 0.600. The van der Waals surface area contributed by atoms with Gasteiger partial charge in [-0.05, 0) is 31.0 Å². The minimum Gasteiger partial charge on any atom is -0.379 e. The maximum absolute atomic E-state index is 13.9. The van der Waals surface area contributed by atoms with E-state index in [9.17, 15) is 4.39 Å². The number of anilines is 1. The van der Waals surface area contributed by atoms with E-state index in [0.717, 1.165) is 19.4 Å². The van der Waals surface area contributed by atoms with Crippen LogP contribution in [0.15, 0.2) is 18.2 Å². The molecule has 1 N–H and O–H groups in total. The number of halogens is 2. The van der Waals surface area contributed by atoms with Gasteiger partial charge in [0.05, 0.1) is 11.8 Å². The summed E-state index contributed by atoms with van der Waals surface area (Å²) in [7, 11) is 0. The fourth-order valence-electron chi connectivity index (χ4n) is 3.59. The van der Waals surface area contributed by atoms with Gasteiger partial charge in [-0.2, -0.15) is 0 Å². The van der Waals surface area contributed by atoms with E-state index in [2.05, 4.69) is 19.2 Å². The average molecular weight is 284 g/mol. The summed E-state index contributed by atoms with van der Waals surface area (Å²) in [5, 5.41) is 3.78. The molecule has 1 aromatic carbocycles. The van der Waals surface area contributed by atoms with Crippen LogP contribution >= 0.6 is 11.6 Å². The molecule has 1 aliphatic heterocycles. The van der Waals surface area contributed by atoms with Gasteiger partial charge in [-0.3, -0.25) is 0 Å². The molecule has 1 saturated heterocycles. The second-order valence-electron chi connectivity index (χ2n) is 6.17. The molecule has 3 atom stereocenters. The highest BCUT2D eigenvalue weighted by Crippen LogP contribution is 2.52. The zero-order valence-corrected chi connectivity index (χ0v) is 12.0. The highest BCUT2D eigenvalue weighted by molar-refractivity contribution is 6.30. The lowest BCUT2D eigenvalue weighted by Gasteiger charge is -2.60. The molecule has 104 valence electrons. The summed E-state index contributed by atoms with van der Waals surface area (Å²) in [6.07, 6.45) is 2.55. The maximum atomic E-state index is 13.9. The Bertz CT molecular complexity index is 491. The summed E-state index contributed by atoms with van der Waals surface area (Å²) < 4.78 is 19.7. The summed E-state index contributed by atoms with van der Waals surface area (Å²) in [6, 6.07) is 5.04. The lowest BCUT2D eigenvalue weighted by Crippen LogP contribution is -2.67. The van der Waals surface area contributed by atoms with Gasteiger partial charge in [0.25, 0.3) is 0 Å². The third-order valence-electron chi connectivity index (χ3n) is 4.57. The summed E-state index contributed by atoms with van der Waals surface area (Å²) in [5.41, 5.74) is 0.573. The van der Waals surface area contributed by atoms with E-state index < -0.39 is 0 Å². The largest absolute Gasteiger partial charge is 0.379 e. The summed E-state index contributed by atoms with van der Waals surface area (Å²) in [4.78, 5) is 0. The number of ether oxygens (including phenoxy) is 1. The lowest BCUT2D eigenvalue weighted by atomic mass is 9.55. The van der Waals surface area contributed by atoms with Crippen LogP contribution in [0.1, 0.15) is 26.7 Å². The number of benzene rings is 1. The zero-order chi connectivity index (χ0) is 13.6. The van der Waals surface area contributed by atoms with Crippen molar-refractivity contribution in [3.05, 3.63) is 29.0 Å². The molecular weight excluding hydrogens is 265 g/mol. The van der Waals surface area contributed by atoms with Crippen LogP contribution in [-0.4, -0.2) is 18.8 Å². The number of nitrogens with one attached hydrogen (secondary N) is 1. The van der Waals surface area contributed by atoms with Gasteiger partial charge in [-0.25, -0.2) is 4.39 Å². The first-order valence-corrected chi connectivity index (χ1v) is 7.21. The van der Waals surface area contributed by atoms with Gasteiger partial charge in [0.15, 0.2) is 0 Å². The molecule has 0 radical (unpaired) electrons. The van der Waals surface area contributed by atoms with Crippen LogP contribution in [-0.2, 0) is 4.74 Å². The van der Waals surface area contributed by atoms with Crippen molar-refractivity contribution in [3.63, 3.8) is 0 Å². The van der Waals surface area contributed by atoms with Crippen molar-refractivity contribution in [3.8, 4) is 0 Å². The number of fused-ring (bicyclic) bond motifs is 1. The quantitative estimate of drug-likeness (QED) is 0.882. The minimum atomic E-state index is -0.288. The third-order valence-corrected chi connectivity index (χ3v) is 4.81. The second-order valence-corrected chi connectivity index (χ2v) is 6.60. The smallest absolute Gasteiger partial charge is 0.147 e. The first-order chi connectivity index (χ1) is 9.00. The third kappa shape index (κ3) is 2.13.